The highest BCUT2D eigenvalue weighted by atomic mass is 32.2. The zero-order chi connectivity index (χ0) is 18.5. The number of methoxy groups -OCH3 is 2. The van der Waals surface area contributed by atoms with Crippen LogP contribution in [-0.2, 0) is 5.75 Å². The van der Waals surface area contributed by atoms with Crippen LogP contribution in [0.2, 0.25) is 0 Å². The van der Waals surface area contributed by atoms with Gasteiger partial charge in [-0.3, -0.25) is 14.7 Å². The number of carbonyl (C=O) groups excluding carboxylic acids is 1. The maximum atomic E-state index is 13.2. The Hall–Kier alpha value is -2.47. The van der Waals surface area contributed by atoms with Crippen molar-refractivity contribution in [3.05, 3.63) is 59.2 Å². The Kier molecular flexibility index (Phi) is 5.83. The summed E-state index contributed by atoms with van der Waals surface area (Å²) in [5, 5.41) is 0.742. The molecule has 0 atom stereocenters. The molecule has 0 radical (unpaired) electrons. The summed E-state index contributed by atoms with van der Waals surface area (Å²) >= 11 is 1.58. The fourth-order valence-electron chi connectivity index (χ4n) is 2.85. The summed E-state index contributed by atoms with van der Waals surface area (Å²) in [5.74, 6) is 1.64. The number of nitrogens with zero attached hydrogens (tertiary/aromatic N) is 2. The summed E-state index contributed by atoms with van der Waals surface area (Å²) in [4.78, 5) is 19.4. The molecule has 5 nitrogen and oxygen atoms in total. The number of hydrogen-bond donors (Lipinski definition) is 0. The number of carbonyl (C=O) groups is 1. The summed E-state index contributed by atoms with van der Waals surface area (Å²) in [6, 6.07) is 13.6. The molecule has 136 valence electrons. The molecule has 0 bridgehead atoms. The van der Waals surface area contributed by atoms with Crippen LogP contribution < -0.4 is 9.47 Å². The fourth-order valence-corrected chi connectivity index (χ4v) is 3.97. The number of amidine groups is 1. The van der Waals surface area contributed by atoms with E-state index in [0.29, 0.717) is 30.2 Å². The highest BCUT2D eigenvalue weighted by Crippen LogP contribution is 2.31. The fraction of sp³-hybridized carbons (Fsp3) is 0.300. The van der Waals surface area contributed by atoms with E-state index in [1.54, 1.807) is 49.1 Å². The van der Waals surface area contributed by atoms with Gasteiger partial charge in [-0.2, -0.15) is 0 Å². The molecular weight excluding hydrogens is 348 g/mol. The molecular formula is C20H22N2O3S. The largest absolute Gasteiger partial charge is 0.496 e. The van der Waals surface area contributed by atoms with Crippen molar-refractivity contribution in [1.29, 1.82) is 0 Å². The third-order valence-corrected chi connectivity index (χ3v) is 5.37. The zero-order valence-electron chi connectivity index (χ0n) is 15.2. The molecule has 2 aromatic carbocycles. The van der Waals surface area contributed by atoms with Gasteiger partial charge in [0, 0.05) is 12.3 Å². The van der Waals surface area contributed by atoms with Gasteiger partial charge in [-0.05, 0) is 30.2 Å². The second-order valence-corrected chi connectivity index (χ2v) is 6.82. The van der Waals surface area contributed by atoms with Crippen LogP contribution in [0.15, 0.2) is 47.5 Å². The average molecular weight is 370 g/mol. The van der Waals surface area contributed by atoms with Gasteiger partial charge in [0.15, 0.2) is 5.17 Å². The van der Waals surface area contributed by atoms with Crippen molar-refractivity contribution in [2.45, 2.75) is 12.7 Å². The van der Waals surface area contributed by atoms with E-state index >= 15 is 0 Å². The smallest absolute Gasteiger partial charge is 0.267 e. The van der Waals surface area contributed by atoms with Crippen molar-refractivity contribution >= 4 is 22.8 Å². The second-order valence-electron chi connectivity index (χ2n) is 5.87. The van der Waals surface area contributed by atoms with E-state index in [0.717, 1.165) is 10.9 Å². The Balaban J connectivity index is 1.80. The molecule has 1 heterocycles. The SMILES string of the molecule is COc1cccc(OC)c1C(=O)N1CCN=C1SCc1ccccc1C. The van der Waals surface area contributed by atoms with Crippen molar-refractivity contribution in [2.75, 3.05) is 27.3 Å². The topological polar surface area (TPSA) is 51.1 Å². The van der Waals surface area contributed by atoms with Crippen LogP contribution in [0.25, 0.3) is 0 Å². The first-order valence-corrected chi connectivity index (χ1v) is 9.39. The molecule has 6 heteroatoms. The molecule has 1 aliphatic heterocycles. The van der Waals surface area contributed by atoms with Crippen LogP contribution in [-0.4, -0.2) is 43.3 Å². The van der Waals surface area contributed by atoms with Crippen molar-refractivity contribution in [2.24, 2.45) is 4.99 Å². The zero-order valence-corrected chi connectivity index (χ0v) is 16.0. The summed E-state index contributed by atoms with van der Waals surface area (Å²) in [7, 11) is 3.11. The molecule has 3 rings (SSSR count). The van der Waals surface area contributed by atoms with Gasteiger partial charge in [-0.15, -0.1) is 0 Å². The molecule has 2 aromatic rings. The van der Waals surface area contributed by atoms with E-state index in [2.05, 4.69) is 24.0 Å². The second kappa shape index (κ2) is 8.27. The van der Waals surface area contributed by atoms with Gasteiger partial charge in [0.1, 0.15) is 17.1 Å². The van der Waals surface area contributed by atoms with Gasteiger partial charge in [0.25, 0.3) is 5.91 Å². The van der Waals surface area contributed by atoms with Crippen molar-refractivity contribution in [3.63, 3.8) is 0 Å². The lowest BCUT2D eigenvalue weighted by Crippen LogP contribution is -2.33. The molecule has 1 aliphatic rings. The number of hydrogen-bond acceptors (Lipinski definition) is 5. The number of aliphatic imine (C=N–C) groups is 1. The summed E-state index contributed by atoms with van der Waals surface area (Å²) < 4.78 is 10.7. The molecule has 0 aromatic heterocycles. The first-order chi connectivity index (χ1) is 12.7. The predicted molar refractivity (Wildman–Crippen MR) is 105 cm³/mol. The van der Waals surface area contributed by atoms with E-state index in [4.69, 9.17) is 9.47 Å². The van der Waals surface area contributed by atoms with Crippen molar-refractivity contribution in [1.82, 2.24) is 4.90 Å². The molecule has 0 aliphatic carbocycles. The quantitative estimate of drug-likeness (QED) is 0.804. The summed E-state index contributed by atoms with van der Waals surface area (Å²) in [6.07, 6.45) is 0. The van der Waals surface area contributed by atoms with E-state index in [9.17, 15) is 4.79 Å². The van der Waals surface area contributed by atoms with Gasteiger partial charge in [-0.1, -0.05) is 42.1 Å². The minimum Gasteiger partial charge on any atom is -0.496 e. The van der Waals surface area contributed by atoms with Crippen LogP contribution in [0.1, 0.15) is 21.5 Å². The Bertz CT molecular complexity index is 813. The van der Waals surface area contributed by atoms with E-state index in [1.165, 1.54) is 11.1 Å². The van der Waals surface area contributed by atoms with Crippen LogP contribution in [0.4, 0.5) is 0 Å². The Morgan fingerprint density at radius 3 is 2.46 bits per heavy atom. The van der Waals surface area contributed by atoms with Crippen molar-refractivity contribution in [3.8, 4) is 11.5 Å². The van der Waals surface area contributed by atoms with E-state index in [1.807, 2.05) is 12.1 Å². The van der Waals surface area contributed by atoms with Crippen LogP contribution in [0.5, 0.6) is 11.5 Å². The van der Waals surface area contributed by atoms with Gasteiger partial charge < -0.3 is 9.47 Å². The number of amides is 1. The summed E-state index contributed by atoms with van der Waals surface area (Å²) in [6.45, 7) is 3.27. The number of thioether (sulfide) groups is 1. The molecule has 0 fully saturated rings. The van der Waals surface area contributed by atoms with Crippen LogP contribution in [0, 0.1) is 6.92 Å². The van der Waals surface area contributed by atoms with Crippen molar-refractivity contribution < 1.29 is 14.3 Å². The Morgan fingerprint density at radius 1 is 1.12 bits per heavy atom. The summed E-state index contributed by atoms with van der Waals surface area (Å²) in [5.41, 5.74) is 2.92. The molecule has 0 spiro atoms. The third-order valence-electron chi connectivity index (χ3n) is 4.31. The maximum absolute atomic E-state index is 13.2. The van der Waals surface area contributed by atoms with Gasteiger partial charge in [0.2, 0.25) is 0 Å². The first kappa shape index (κ1) is 18.3. The Labute approximate surface area is 158 Å². The van der Waals surface area contributed by atoms with Crippen LogP contribution in [0.3, 0.4) is 0 Å². The molecule has 0 N–H and O–H groups in total. The molecule has 0 saturated heterocycles. The lowest BCUT2D eigenvalue weighted by molar-refractivity contribution is 0.0854. The third kappa shape index (κ3) is 3.70. The lowest BCUT2D eigenvalue weighted by Gasteiger charge is -2.21. The van der Waals surface area contributed by atoms with Crippen LogP contribution >= 0.6 is 11.8 Å². The Morgan fingerprint density at radius 2 is 1.81 bits per heavy atom. The number of aryl methyl sites for hydroxylation is 1. The molecule has 26 heavy (non-hydrogen) atoms. The monoisotopic (exact) mass is 370 g/mol. The number of ether oxygens (including phenoxy) is 2. The standard InChI is InChI=1S/C20H22N2O3S/c1-14-7-4-5-8-15(14)13-26-20-21-11-12-22(20)19(23)18-16(24-2)9-6-10-17(18)25-3/h4-10H,11-13H2,1-3H3. The number of rotatable bonds is 5. The number of benzene rings is 2. The normalized spacial score (nSPS) is 13.5. The minimum atomic E-state index is -0.146. The first-order valence-electron chi connectivity index (χ1n) is 8.40. The van der Waals surface area contributed by atoms with E-state index in [-0.39, 0.29) is 5.91 Å². The predicted octanol–water partition coefficient (Wildman–Crippen LogP) is 3.76. The molecule has 1 amide bonds. The highest BCUT2D eigenvalue weighted by molar-refractivity contribution is 8.13. The van der Waals surface area contributed by atoms with E-state index < -0.39 is 0 Å². The maximum Gasteiger partial charge on any atom is 0.267 e. The van der Waals surface area contributed by atoms with Gasteiger partial charge in [0.05, 0.1) is 20.8 Å². The average Bonchev–Trinajstić information content (AvgIpc) is 3.14. The highest BCUT2D eigenvalue weighted by Gasteiger charge is 2.29. The molecule has 0 unspecified atom stereocenters. The minimum absolute atomic E-state index is 0.146. The molecule has 0 saturated carbocycles. The van der Waals surface area contributed by atoms with Gasteiger partial charge >= 0.3 is 0 Å². The lowest BCUT2D eigenvalue weighted by atomic mass is 10.1. The van der Waals surface area contributed by atoms with Gasteiger partial charge in [-0.25, -0.2) is 0 Å².